The third-order valence-corrected chi connectivity index (χ3v) is 2.61. The number of aromatic nitrogens is 2. The summed E-state index contributed by atoms with van der Waals surface area (Å²) in [6, 6.07) is 0. The molecule has 0 aliphatic rings. The number of unbranched alkanes of at least 4 members (excludes halogenated alkanes) is 1. The Hall–Kier alpha value is -1.36. The molecule has 1 heterocycles. The van der Waals surface area contributed by atoms with Crippen molar-refractivity contribution in [3.8, 4) is 0 Å². The quantitative estimate of drug-likeness (QED) is 0.728. The summed E-state index contributed by atoms with van der Waals surface area (Å²) in [7, 11) is 0. The lowest BCUT2D eigenvalue weighted by molar-refractivity contribution is 0.0765. The van der Waals surface area contributed by atoms with Crippen molar-refractivity contribution in [2.75, 3.05) is 24.2 Å². The number of nitrogens with two attached hydrogens (primary N) is 1. The fourth-order valence-electron chi connectivity index (χ4n) is 1.58. The Labute approximate surface area is 109 Å². The molecule has 0 aliphatic heterocycles. The van der Waals surface area contributed by atoms with Gasteiger partial charge in [0.05, 0.1) is 6.10 Å². The lowest BCUT2D eigenvalue weighted by Crippen LogP contribution is -2.10. The number of nitrogens with zero attached hydrogens (tertiary/aromatic N) is 2. The maximum Gasteiger partial charge on any atom is 0.134 e. The van der Waals surface area contributed by atoms with Crippen LogP contribution >= 0.6 is 0 Å². The summed E-state index contributed by atoms with van der Waals surface area (Å²) in [5.41, 5.74) is 6.71. The molecule has 5 heteroatoms. The molecule has 0 aromatic carbocycles. The zero-order chi connectivity index (χ0) is 13.5. The molecule has 1 rings (SSSR count). The normalized spacial score (nSPS) is 10.9. The molecule has 0 bridgehead atoms. The van der Waals surface area contributed by atoms with E-state index in [-0.39, 0.29) is 0 Å². The molecule has 102 valence electrons. The lowest BCUT2D eigenvalue weighted by Gasteiger charge is -2.11. The van der Waals surface area contributed by atoms with Gasteiger partial charge in [-0.15, -0.1) is 0 Å². The molecule has 0 saturated heterocycles. The molecule has 0 aliphatic carbocycles. The molecular formula is C13H24N4O. The van der Waals surface area contributed by atoms with E-state index in [0.29, 0.717) is 17.7 Å². The molecule has 0 radical (unpaired) electrons. The van der Waals surface area contributed by atoms with Crippen LogP contribution in [0.2, 0.25) is 0 Å². The van der Waals surface area contributed by atoms with Gasteiger partial charge in [0.2, 0.25) is 0 Å². The molecular weight excluding hydrogens is 228 g/mol. The average molecular weight is 252 g/mol. The second-order valence-corrected chi connectivity index (χ2v) is 4.68. The minimum absolute atomic E-state index is 0.310. The lowest BCUT2D eigenvalue weighted by atomic mass is 10.3. The predicted molar refractivity (Wildman–Crippen MR) is 74.7 cm³/mol. The van der Waals surface area contributed by atoms with Gasteiger partial charge in [-0.2, -0.15) is 0 Å². The molecule has 3 N–H and O–H groups in total. The number of aryl methyl sites for hydroxylation is 1. The molecule has 0 atom stereocenters. The highest BCUT2D eigenvalue weighted by Gasteiger charge is 2.05. The number of rotatable bonds is 7. The van der Waals surface area contributed by atoms with E-state index >= 15 is 0 Å². The van der Waals surface area contributed by atoms with Gasteiger partial charge < -0.3 is 15.8 Å². The zero-order valence-corrected chi connectivity index (χ0v) is 11.8. The van der Waals surface area contributed by atoms with E-state index in [2.05, 4.69) is 15.3 Å². The van der Waals surface area contributed by atoms with Gasteiger partial charge in [-0.25, -0.2) is 9.97 Å². The first-order valence-electron chi connectivity index (χ1n) is 6.47. The van der Waals surface area contributed by atoms with Crippen LogP contribution in [0.5, 0.6) is 0 Å². The number of anilines is 2. The SMILES string of the molecule is Cc1nc(N)c(C)c(NCCCCOC(C)C)n1. The maximum atomic E-state index is 5.80. The van der Waals surface area contributed by atoms with Crippen molar-refractivity contribution in [3.05, 3.63) is 11.4 Å². The van der Waals surface area contributed by atoms with Crippen molar-refractivity contribution in [2.45, 2.75) is 46.6 Å². The molecule has 5 nitrogen and oxygen atoms in total. The van der Waals surface area contributed by atoms with Gasteiger partial charge in [-0.05, 0) is 40.5 Å². The van der Waals surface area contributed by atoms with Crippen LogP contribution in [0.4, 0.5) is 11.6 Å². The highest BCUT2D eigenvalue weighted by molar-refractivity contribution is 5.54. The predicted octanol–water partition coefficient (Wildman–Crippen LogP) is 2.29. The van der Waals surface area contributed by atoms with E-state index in [0.717, 1.165) is 37.4 Å². The zero-order valence-electron chi connectivity index (χ0n) is 11.8. The summed E-state index contributed by atoms with van der Waals surface area (Å²) < 4.78 is 5.48. The average Bonchev–Trinajstić information content (AvgIpc) is 2.29. The van der Waals surface area contributed by atoms with Crippen molar-refractivity contribution in [3.63, 3.8) is 0 Å². The summed E-state index contributed by atoms with van der Waals surface area (Å²) in [5, 5.41) is 3.30. The monoisotopic (exact) mass is 252 g/mol. The molecule has 0 spiro atoms. The standard InChI is InChI=1S/C13H24N4O/c1-9(2)18-8-6-5-7-15-13-10(3)12(14)16-11(4)17-13/h9H,5-8H2,1-4H3,(H3,14,15,16,17). The van der Waals surface area contributed by atoms with Gasteiger partial charge in [0.1, 0.15) is 17.5 Å². The van der Waals surface area contributed by atoms with E-state index < -0.39 is 0 Å². The smallest absolute Gasteiger partial charge is 0.134 e. The van der Waals surface area contributed by atoms with Crippen LogP contribution in [0.15, 0.2) is 0 Å². The van der Waals surface area contributed by atoms with Crippen molar-refractivity contribution in [1.29, 1.82) is 0 Å². The summed E-state index contributed by atoms with van der Waals surface area (Å²) >= 11 is 0. The fourth-order valence-corrected chi connectivity index (χ4v) is 1.58. The van der Waals surface area contributed by atoms with Crippen molar-refractivity contribution in [1.82, 2.24) is 9.97 Å². The minimum atomic E-state index is 0.310. The van der Waals surface area contributed by atoms with Gasteiger partial charge in [-0.1, -0.05) is 0 Å². The molecule has 0 unspecified atom stereocenters. The number of hydrogen-bond acceptors (Lipinski definition) is 5. The Morgan fingerprint density at radius 2 is 1.94 bits per heavy atom. The molecule has 1 aromatic rings. The Balaban J connectivity index is 2.31. The Kier molecular flexibility index (Phi) is 5.85. The van der Waals surface area contributed by atoms with Gasteiger partial charge in [0.15, 0.2) is 0 Å². The highest BCUT2D eigenvalue weighted by Crippen LogP contribution is 2.16. The van der Waals surface area contributed by atoms with E-state index in [1.807, 2.05) is 27.7 Å². The van der Waals surface area contributed by atoms with Crippen LogP contribution in [-0.2, 0) is 4.74 Å². The molecule has 0 fully saturated rings. The third kappa shape index (κ3) is 4.87. The van der Waals surface area contributed by atoms with Crippen molar-refractivity contribution in [2.24, 2.45) is 0 Å². The number of hydrogen-bond donors (Lipinski definition) is 2. The van der Waals surface area contributed by atoms with Gasteiger partial charge in [0, 0.05) is 18.7 Å². The minimum Gasteiger partial charge on any atom is -0.383 e. The van der Waals surface area contributed by atoms with Gasteiger partial charge in [0.25, 0.3) is 0 Å². The highest BCUT2D eigenvalue weighted by atomic mass is 16.5. The topological polar surface area (TPSA) is 73.1 Å². The van der Waals surface area contributed by atoms with E-state index in [4.69, 9.17) is 10.5 Å². The van der Waals surface area contributed by atoms with Crippen molar-refractivity contribution >= 4 is 11.6 Å². The summed E-state index contributed by atoms with van der Waals surface area (Å²) in [5.74, 6) is 2.08. The first-order chi connectivity index (χ1) is 8.50. The van der Waals surface area contributed by atoms with E-state index in [1.165, 1.54) is 0 Å². The number of nitrogen functional groups attached to an aromatic ring is 1. The van der Waals surface area contributed by atoms with Crippen LogP contribution in [-0.4, -0.2) is 29.2 Å². The first kappa shape index (κ1) is 14.7. The Bertz CT molecular complexity index is 379. The molecule has 0 amide bonds. The molecule has 1 aromatic heterocycles. The fraction of sp³-hybridized carbons (Fsp3) is 0.692. The Morgan fingerprint density at radius 1 is 1.22 bits per heavy atom. The maximum absolute atomic E-state index is 5.80. The summed E-state index contributed by atoms with van der Waals surface area (Å²) in [4.78, 5) is 8.46. The second-order valence-electron chi connectivity index (χ2n) is 4.68. The largest absolute Gasteiger partial charge is 0.383 e. The van der Waals surface area contributed by atoms with Gasteiger partial charge in [-0.3, -0.25) is 0 Å². The second kappa shape index (κ2) is 7.16. The van der Waals surface area contributed by atoms with Crippen LogP contribution in [0.1, 0.15) is 38.1 Å². The Morgan fingerprint density at radius 3 is 2.61 bits per heavy atom. The number of nitrogens with one attached hydrogen (secondary N) is 1. The molecule has 0 saturated carbocycles. The van der Waals surface area contributed by atoms with Crippen LogP contribution < -0.4 is 11.1 Å². The van der Waals surface area contributed by atoms with Crippen LogP contribution in [0.25, 0.3) is 0 Å². The van der Waals surface area contributed by atoms with Crippen molar-refractivity contribution < 1.29 is 4.74 Å². The van der Waals surface area contributed by atoms with Crippen LogP contribution in [0, 0.1) is 13.8 Å². The van der Waals surface area contributed by atoms with Gasteiger partial charge >= 0.3 is 0 Å². The van der Waals surface area contributed by atoms with E-state index in [9.17, 15) is 0 Å². The first-order valence-corrected chi connectivity index (χ1v) is 6.47. The third-order valence-electron chi connectivity index (χ3n) is 2.61. The molecule has 18 heavy (non-hydrogen) atoms. The number of ether oxygens (including phenoxy) is 1. The summed E-state index contributed by atoms with van der Waals surface area (Å²) in [6.45, 7) is 9.56. The van der Waals surface area contributed by atoms with Crippen LogP contribution in [0.3, 0.4) is 0 Å². The summed E-state index contributed by atoms with van der Waals surface area (Å²) in [6.07, 6.45) is 2.41. The van der Waals surface area contributed by atoms with E-state index in [1.54, 1.807) is 0 Å².